The Labute approximate surface area is 190 Å². The van der Waals surface area contributed by atoms with E-state index in [1.807, 2.05) is 0 Å². The number of nitrogens with zero attached hydrogens (tertiary/aromatic N) is 2. The second kappa shape index (κ2) is 10.2. The van der Waals surface area contributed by atoms with Gasteiger partial charge in [0.15, 0.2) is 17.9 Å². The molecule has 0 saturated carbocycles. The molecule has 1 saturated heterocycles. The molecule has 1 aromatic rings. The van der Waals surface area contributed by atoms with Crippen LogP contribution in [0, 0.1) is 0 Å². The molecule has 1 aromatic heterocycles. The van der Waals surface area contributed by atoms with E-state index in [1.54, 1.807) is 5.32 Å². The number of carbonyl (C=O) groups excluding carboxylic acids is 2. The van der Waals surface area contributed by atoms with Gasteiger partial charge >= 0.3 is 12.4 Å². The number of nitrogen functional groups attached to an aromatic ring is 1. The number of carbonyl (C=O) groups is 2. The van der Waals surface area contributed by atoms with E-state index in [9.17, 15) is 41.0 Å². The van der Waals surface area contributed by atoms with Crippen LogP contribution in [0.3, 0.4) is 0 Å². The van der Waals surface area contributed by atoms with Crippen molar-refractivity contribution in [2.75, 3.05) is 45.2 Å². The Balaban J connectivity index is 2.38. The molecule has 4 N–H and O–H groups in total. The summed E-state index contributed by atoms with van der Waals surface area (Å²) >= 11 is 0. The maximum atomic E-state index is 13.8. The van der Waals surface area contributed by atoms with Gasteiger partial charge in [-0.1, -0.05) is 6.92 Å². The molecule has 1 aliphatic heterocycles. The molecule has 15 heteroatoms. The number of nitrogens with two attached hydrogens (primary N) is 1. The van der Waals surface area contributed by atoms with Crippen LogP contribution in [0.25, 0.3) is 0 Å². The third-order valence-electron chi connectivity index (χ3n) is 5.06. The van der Waals surface area contributed by atoms with E-state index < -0.39 is 71.3 Å². The van der Waals surface area contributed by atoms with Gasteiger partial charge in [0.25, 0.3) is 11.8 Å². The molecule has 9 nitrogen and oxygen atoms in total. The highest BCUT2D eigenvalue weighted by atomic mass is 19.4. The molecule has 2 rings (SSSR count). The summed E-state index contributed by atoms with van der Waals surface area (Å²) in [5.41, 5.74) is -1.15. The number of hydrogen-bond acceptors (Lipinski definition) is 7. The Kier molecular flexibility index (Phi) is 8.24. The van der Waals surface area contributed by atoms with E-state index in [-0.39, 0.29) is 32.7 Å². The van der Waals surface area contributed by atoms with Crippen molar-refractivity contribution in [2.45, 2.75) is 38.2 Å². The van der Waals surface area contributed by atoms with Gasteiger partial charge in [0.1, 0.15) is 5.56 Å². The van der Waals surface area contributed by atoms with Crippen molar-refractivity contribution in [3.63, 3.8) is 0 Å². The number of rotatable bonds is 7. The first kappa shape index (κ1) is 27.4. The summed E-state index contributed by atoms with van der Waals surface area (Å²) in [5, 5.41) is 11.2. The highest BCUT2D eigenvalue weighted by molar-refractivity contribution is 5.98. The van der Waals surface area contributed by atoms with Crippen molar-refractivity contribution in [3.8, 4) is 5.88 Å². The predicted octanol–water partition coefficient (Wildman–Crippen LogP) is 1.53. The van der Waals surface area contributed by atoms with E-state index in [0.717, 1.165) is 0 Å². The first-order valence-electron chi connectivity index (χ1n) is 10.0. The van der Waals surface area contributed by atoms with Gasteiger partial charge in [-0.05, 0) is 18.9 Å². The quantitative estimate of drug-likeness (QED) is 0.483. The monoisotopic (exact) mass is 502 g/mol. The second-order valence-corrected chi connectivity index (χ2v) is 7.62. The molecule has 0 bridgehead atoms. The molecule has 0 aromatic carbocycles. The summed E-state index contributed by atoms with van der Waals surface area (Å²) in [6, 6.07) is 0. The average Bonchev–Trinajstić information content (AvgIpc) is 2.75. The number of hydrogen-bond donors (Lipinski definition) is 3. The summed E-state index contributed by atoms with van der Waals surface area (Å²) in [6.45, 7) is 0.446. The van der Waals surface area contributed by atoms with Crippen molar-refractivity contribution >= 4 is 17.5 Å². The summed E-state index contributed by atoms with van der Waals surface area (Å²) in [6.07, 6.45) is -10.5. The fourth-order valence-corrected chi connectivity index (χ4v) is 3.03. The highest BCUT2D eigenvalue weighted by Gasteiger charge is 2.50. The molecule has 1 aliphatic rings. The zero-order chi connectivity index (χ0) is 25.9. The van der Waals surface area contributed by atoms with E-state index in [0.29, 0.717) is 6.92 Å². The number of aromatic nitrogens is 1. The van der Waals surface area contributed by atoms with Crippen LogP contribution >= 0.6 is 0 Å². The van der Waals surface area contributed by atoms with Crippen molar-refractivity contribution in [1.82, 2.24) is 15.2 Å². The van der Waals surface area contributed by atoms with Crippen molar-refractivity contribution in [1.29, 1.82) is 0 Å². The largest absolute Gasteiger partial charge is 0.467 e. The molecular formula is C19H24F6N4O5. The SMILES string of the molecule is CCc1c(N)c(C(=O)NCC(C)(O)C(F)(F)F)nc(OCC(=O)N2CCOCC2)c1C(F)(F)F. The van der Waals surface area contributed by atoms with Crippen LogP contribution in [-0.4, -0.2) is 78.0 Å². The van der Waals surface area contributed by atoms with Crippen molar-refractivity contribution in [2.24, 2.45) is 0 Å². The Bertz CT molecular complexity index is 914. The van der Waals surface area contributed by atoms with Gasteiger partial charge < -0.3 is 30.5 Å². The number of aliphatic hydroxyl groups is 1. The Morgan fingerprint density at radius 3 is 2.29 bits per heavy atom. The zero-order valence-electron chi connectivity index (χ0n) is 18.3. The third kappa shape index (κ3) is 6.20. The fourth-order valence-electron chi connectivity index (χ4n) is 3.03. The molecule has 1 atom stereocenters. The maximum absolute atomic E-state index is 13.8. The number of anilines is 1. The number of ether oxygens (including phenoxy) is 2. The number of pyridine rings is 1. The second-order valence-electron chi connectivity index (χ2n) is 7.62. The topological polar surface area (TPSA) is 127 Å². The molecular weight excluding hydrogens is 478 g/mol. The van der Waals surface area contributed by atoms with Gasteiger partial charge in [-0.25, -0.2) is 4.98 Å². The summed E-state index contributed by atoms with van der Waals surface area (Å²) < 4.78 is 90.0. The smallest absolute Gasteiger partial charge is 0.421 e. The molecule has 1 fully saturated rings. The lowest BCUT2D eigenvalue weighted by molar-refractivity contribution is -0.249. The summed E-state index contributed by atoms with van der Waals surface area (Å²) in [5.74, 6) is -3.14. The van der Waals surface area contributed by atoms with Crippen LogP contribution in [-0.2, 0) is 22.1 Å². The minimum atomic E-state index is -5.10. The van der Waals surface area contributed by atoms with E-state index in [1.165, 1.54) is 11.8 Å². The molecule has 34 heavy (non-hydrogen) atoms. The normalized spacial score (nSPS) is 16.7. The minimum Gasteiger partial charge on any atom is -0.467 e. The van der Waals surface area contributed by atoms with Crippen LogP contribution in [0.5, 0.6) is 5.88 Å². The van der Waals surface area contributed by atoms with E-state index in [4.69, 9.17) is 15.2 Å². The van der Waals surface area contributed by atoms with Gasteiger partial charge in [0.05, 0.1) is 25.4 Å². The van der Waals surface area contributed by atoms with Crippen LogP contribution in [0.15, 0.2) is 0 Å². The van der Waals surface area contributed by atoms with Crippen LogP contribution < -0.4 is 15.8 Å². The lowest BCUT2D eigenvalue weighted by Gasteiger charge is -2.27. The average molecular weight is 502 g/mol. The fraction of sp³-hybridized carbons (Fsp3) is 0.632. The number of alkyl halides is 6. The third-order valence-corrected chi connectivity index (χ3v) is 5.06. The van der Waals surface area contributed by atoms with Gasteiger partial charge in [-0.2, -0.15) is 26.3 Å². The molecule has 192 valence electrons. The highest BCUT2D eigenvalue weighted by Crippen LogP contribution is 2.41. The van der Waals surface area contributed by atoms with Gasteiger partial charge in [0.2, 0.25) is 5.88 Å². The summed E-state index contributed by atoms with van der Waals surface area (Å²) in [7, 11) is 0. The van der Waals surface area contributed by atoms with Crippen LogP contribution in [0.1, 0.15) is 35.5 Å². The van der Waals surface area contributed by atoms with E-state index >= 15 is 0 Å². The van der Waals surface area contributed by atoms with Crippen LogP contribution in [0.2, 0.25) is 0 Å². The lowest BCUT2D eigenvalue weighted by Crippen LogP contribution is -2.51. The molecule has 0 radical (unpaired) electrons. The lowest BCUT2D eigenvalue weighted by atomic mass is 10.0. The van der Waals surface area contributed by atoms with Gasteiger partial charge in [-0.3, -0.25) is 9.59 Å². The Hall–Kier alpha value is -2.81. The summed E-state index contributed by atoms with van der Waals surface area (Å²) in [4.78, 5) is 29.5. The first-order chi connectivity index (χ1) is 15.6. The van der Waals surface area contributed by atoms with Crippen LogP contribution in [0.4, 0.5) is 32.0 Å². The molecule has 1 unspecified atom stereocenters. The molecule has 2 heterocycles. The Morgan fingerprint density at radius 1 is 1.21 bits per heavy atom. The molecule has 0 aliphatic carbocycles. The zero-order valence-corrected chi connectivity index (χ0v) is 18.3. The molecule has 2 amide bonds. The molecule has 0 spiro atoms. The van der Waals surface area contributed by atoms with Crippen molar-refractivity contribution < 1.29 is 50.5 Å². The minimum absolute atomic E-state index is 0.205. The van der Waals surface area contributed by atoms with E-state index in [2.05, 4.69) is 4.98 Å². The number of halogens is 6. The number of morpholine rings is 1. The first-order valence-corrected chi connectivity index (χ1v) is 10.0. The number of nitrogens with one attached hydrogen (secondary N) is 1. The van der Waals surface area contributed by atoms with Crippen molar-refractivity contribution in [3.05, 3.63) is 16.8 Å². The standard InChI is InChI=1S/C19H24F6N4O5/c1-3-10-12(18(20,21)22)16(34-8-11(30)29-4-6-33-7-5-29)28-14(13(10)26)15(31)27-9-17(2,32)19(23,24)25/h32H,3-9,26H2,1-2H3,(H,27,31). The van der Waals surface area contributed by atoms with Gasteiger partial charge in [0, 0.05) is 13.1 Å². The maximum Gasteiger partial charge on any atom is 0.421 e. The van der Waals surface area contributed by atoms with Gasteiger partial charge in [-0.15, -0.1) is 0 Å². The Morgan fingerprint density at radius 2 is 1.79 bits per heavy atom. The predicted molar refractivity (Wildman–Crippen MR) is 105 cm³/mol. The number of amides is 2.